The molecule has 0 atom stereocenters. The maximum Gasteiger partial charge on any atom is 0.253 e. The molecule has 0 bridgehead atoms. The van der Waals surface area contributed by atoms with Crippen LogP contribution in [0.4, 0.5) is 0 Å². The van der Waals surface area contributed by atoms with Crippen molar-refractivity contribution in [2.24, 2.45) is 0 Å². The van der Waals surface area contributed by atoms with E-state index in [1.54, 1.807) is 17.5 Å². The number of nitrogens with one attached hydrogen (secondary N) is 3. The van der Waals surface area contributed by atoms with E-state index in [0.29, 0.717) is 12.1 Å². The highest BCUT2D eigenvalue weighted by Crippen LogP contribution is 2.30. The number of thiophene rings is 1. The molecule has 0 fully saturated rings. The Balaban J connectivity index is 1.48. The van der Waals surface area contributed by atoms with Crippen molar-refractivity contribution in [3.63, 3.8) is 0 Å². The van der Waals surface area contributed by atoms with Crippen molar-refractivity contribution in [1.29, 1.82) is 0 Å². The minimum Gasteiger partial charge on any atom is -0.366 e. The van der Waals surface area contributed by atoms with E-state index in [4.69, 9.17) is 0 Å². The van der Waals surface area contributed by atoms with Gasteiger partial charge in [0.2, 0.25) is 0 Å². The Morgan fingerprint density at radius 2 is 2.04 bits per heavy atom. The average molecular weight is 337 g/mol. The first-order valence-electron chi connectivity index (χ1n) is 8.04. The summed E-state index contributed by atoms with van der Waals surface area (Å²) in [6, 6.07) is 10.6. The molecule has 3 N–H and O–H groups in total. The SMILES string of the molecule is Cc1ccc(-c2c[nH]cc2C(=O)NCc2ccc3c(c2)CNC3)s1. The lowest BCUT2D eigenvalue weighted by Gasteiger charge is -2.07. The van der Waals surface area contributed by atoms with Gasteiger partial charge in [-0.15, -0.1) is 11.3 Å². The number of aryl methyl sites for hydroxylation is 1. The number of carbonyl (C=O) groups excluding carboxylic acids is 1. The Bertz CT molecular complexity index is 894. The zero-order valence-electron chi connectivity index (χ0n) is 13.5. The van der Waals surface area contributed by atoms with Crippen LogP contribution in [0.25, 0.3) is 10.4 Å². The quantitative estimate of drug-likeness (QED) is 0.681. The fraction of sp³-hybridized carbons (Fsp3) is 0.211. The summed E-state index contributed by atoms with van der Waals surface area (Å²) >= 11 is 1.70. The first-order valence-corrected chi connectivity index (χ1v) is 8.85. The van der Waals surface area contributed by atoms with Crippen LogP contribution in [-0.2, 0) is 19.6 Å². The van der Waals surface area contributed by atoms with E-state index in [1.807, 2.05) is 6.20 Å². The largest absolute Gasteiger partial charge is 0.366 e. The van der Waals surface area contributed by atoms with Gasteiger partial charge in [0.25, 0.3) is 5.91 Å². The predicted molar refractivity (Wildman–Crippen MR) is 97.0 cm³/mol. The molecule has 5 heteroatoms. The molecule has 0 spiro atoms. The summed E-state index contributed by atoms with van der Waals surface area (Å²) in [5, 5.41) is 6.37. The van der Waals surface area contributed by atoms with Gasteiger partial charge in [-0.2, -0.15) is 0 Å². The molecule has 24 heavy (non-hydrogen) atoms. The molecular weight excluding hydrogens is 318 g/mol. The van der Waals surface area contributed by atoms with Crippen LogP contribution in [0, 0.1) is 6.92 Å². The Morgan fingerprint density at radius 1 is 1.17 bits per heavy atom. The molecule has 1 amide bonds. The third kappa shape index (κ3) is 2.88. The molecule has 122 valence electrons. The number of H-pyrrole nitrogens is 1. The summed E-state index contributed by atoms with van der Waals surface area (Å²) in [6.45, 7) is 4.47. The van der Waals surface area contributed by atoms with Gasteiger partial charge >= 0.3 is 0 Å². The summed E-state index contributed by atoms with van der Waals surface area (Å²) in [7, 11) is 0. The smallest absolute Gasteiger partial charge is 0.253 e. The second kappa shape index (κ2) is 6.26. The maximum absolute atomic E-state index is 12.6. The van der Waals surface area contributed by atoms with Crippen LogP contribution in [0.15, 0.2) is 42.7 Å². The minimum atomic E-state index is -0.0454. The number of fused-ring (bicyclic) bond motifs is 1. The number of benzene rings is 1. The number of carbonyl (C=O) groups is 1. The van der Waals surface area contributed by atoms with Crippen molar-refractivity contribution in [2.75, 3.05) is 0 Å². The number of hydrogen-bond acceptors (Lipinski definition) is 3. The van der Waals surface area contributed by atoms with Crippen LogP contribution in [0.2, 0.25) is 0 Å². The highest BCUT2D eigenvalue weighted by atomic mass is 32.1. The van der Waals surface area contributed by atoms with Gasteiger partial charge in [0, 0.05) is 47.3 Å². The van der Waals surface area contributed by atoms with Crippen LogP contribution in [0.1, 0.15) is 31.9 Å². The lowest BCUT2D eigenvalue weighted by atomic mass is 10.1. The van der Waals surface area contributed by atoms with Crippen molar-refractivity contribution in [1.82, 2.24) is 15.6 Å². The molecule has 0 unspecified atom stereocenters. The molecule has 3 heterocycles. The van der Waals surface area contributed by atoms with Gasteiger partial charge in [0.15, 0.2) is 0 Å². The Hall–Kier alpha value is -2.37. The van der Waals surface area contributed by atoms with Gasteiger partial charge < -0.3 is 15.6 Å². The molecule has 0 saturated carbocycles. The zero-order chi connectivity index (χ0) is 16.5. The molecule has 1 aliphatic rings. The van der Waals surface area contributed by atoms with Crippen molar-refractivity contribution in [3.8, 4) is 10.4 Å². The maximum atomic E-state index is 12.6. The Morgan fingerprint density at radius 3 is 2.88 bits per heavy atom. The number of hydrogen-bond donors (Lipinski definition) is 3. The number of amides is 1. The number of rotatable bonds is 4. The van der Waals surface area contributed by atoms with Gasteiger partial charge in [0.05, 0.1) is 5.56 Å². The number of aromatic amines is 1. The summed E-state index contributed by atoms with van der Waals surface area (Å²) in [5.41, 5.74) is 5.47. The standard InChI is InChI=1S/C19H19N3OS/c1-12-2-5-18(24-12)16-10-21-11-17(16)19(23)22-7-13-3-4-14-8-20-9-15(14)6-13/h2-6,10-11,20-21H,7-9H2,1H3,(H,22,23). The molecule has 4 nitrogen and oxygen atoms in total. The van der Waals surface area contributed by atoms with E-state index < -0.39 is 0 Å². The van der Waals surface area contributed by atoms with E-state index in [2.05, 4.69) is 52.9 Å². The minimum absolute atomic E-state index is 0.0454. The summed E-state index contributed by atoms with van der Waals surface area (Å²) in [4.78, 5) is 18.0. The first-order chi connectivity index (χ1) is 11.7. The summed E-state index contributed by atoms with van der Waals surface area (Å²) in [5.74, 6) is -0.0454. The van der Waals surface area contributed by atoms with Crippen molar-refractivity contribution in [3.05, 3.63) is 69.9 Å². The first kappa shape index (κ1) is 15.2. The van der Waals surface area contributed by atoms with E-state index in [9.17, 15) is 4.79 Å². The van der Waals surface area contributed by atoms with Crippen LogP contribution in [-0.4, -0.2) is 10.9 Å². The van der Waals surface area contributed by atoms with Gasteiger partial charge in [-0.1, -0.05) is 18.2 Å². The molecule has 0 aliphatic carbocycles. The van der Waals surface area contributed by atoms with Gasteiger partial charge in [0.1, 0.15) is 0 Å². The monoisotopic (exact) mass is 337 g/mol. The Kier molecular flexibility index (Phi) is 3.96. The molecule has 3 aromatic rings. The molecular formula is C19H19N3OS. The van der Waals surface area contributed by atoms with Crippen molar-refractivity contribution in [2.45, 2.75) is 26.6 Å². The fourth-order valence-corrected chi connectivity index (χ4v) is 3.97. The Labute approximate surface area is 144 Å². The molecule has 2 aromatic heterocycles. The summed E-state index contributed by atoms with van der Waals surface area (Å²) < 4.78 is 0. The molecule has 1 aliphatic heterocycles. The van der Waals surface area contributed by atoms with Crippen LogP contribution in [0.5, 0.6) is 0 Å². The second-order valence-corrected chi connectivity index (χ2v) is 7.37. The van der Waals surface area contributed by atoms with Gasteiger partial charge in [-0.05, 0) is 35.7 Å². The van der Waals surface area contributed by atoms with Crippen LogP contribution in [0.3, 0.4) is 0 Å². The van der Waals surface area contributed by atoms with Gasteiger partial charge in [-0.25, -0.2) is 0 Å². The second-order valence-electron chi connectivity index (χ2n) is 6.08. The van der Waals surface area contributed by atoms with Crippen LogP contribution >= 0.6 is 11.3 Å². The van der Waals surface area contributed by atoms with Crippen molar-refractivity contribution >= 4 is 17.2 Å². The average Bonchev–Trinajstić information content (AvgIpc) is 3.31. The lowest BCUT2D eigenvalue weighted by Crippen LogP contribution is -2.22. The van der Waals surface area contributed by atoms with Crippen molar-refractivity contribution < 1.29 is 4.79 Å². The molecule has 4 rings (SSSR count). The third-order valence-electron chi connectivity index (χ3n) is 4.35. The van der Waals surface area contributed by atoms with Gasteiger partial charge in [-0.3, -0.25) is 4.79 Å². The zero-order valence-corrected chi connectivity index (χ0v) is 14.3. The molecule has 0 saturated heterocycles. The normalized spacial score (nSPS) is 13.0. The highest BCUT2D eigenvalue weighted by Gasteiger charge is 2.15. The third-order valence-corrected chi connectivity index (χ3v) is 5.38. The lowest BCUT2D eigenvalue weighted by molar-refractivity contribution is 0.0951. The predicted octanol–water partition coefficient (Wildman–Crippen LogP) is 3.58. The topological polar surface area (TPSA) is 56.9 Å². The fourth-order valence-electron chi connectivity index (χ4n) is 3.07. The highest BCUT2D eigenvalue weighted by molar-refractivity contribution is 7.15. The molecule has 0 radical (unpaired) electrons. The summed E-state index contributed by atoms with van der Waals surface area (Å²) in [6.07, 6.45) is 3.66. The van der Waals surface area contributed by atoms with Crippen LogP contribution < -0.4 is 10.6 Å². The molecule has 1 aromatic carbocycles. The van der Waals surface area contributed by atoms with E-state index in [-0.39, 0.29) is 5.91 Å². The van der Waals surface area contributed by atoms with E-state index in [0.717, 1.165) is 29.1 Å². The number of aromatic nitrogens is 1. The van der Waals surface area contributed by atoms with E-state index >= 15 is 0 Å². The van der Waals surface area contributed by atoms with E-state index in [1.165, 1.54) is 16.0 Å².